The number of halogens is 1. The third-order valence-corrected chi connectivity index (χ3v) is 4.09. The van der Waals surface area contributed by atoms with Crippen LogP contribution in [0.4, 0.5) is 0 Å². The van der Waals surface area contributed by atoms with E-state index >= 15 is 0 Å². The number of carbonyl (C=O) groups is 2. The van der Waals surface area contributed by atoms with Crippen molar-refractivity contribution < 1.29 is 9.59 Å². The summed E-state index contributed by atoms with van der Waals surface area (Å²) in [7, 11) is 0. The molecule has 0 radical (unpaired) electrons. The SMILES string of the molecule is CC(=O)N1CCN(C(=O)CCNCc2ccc(Cl)cc2)CC1. The fraction of sp³-hybridized carbons (Fsp3) is 0.500. The van der Waals surface area contributed by atoms with E-state index < -0.39 is 0 Å². The van der Waals surface area contributed by atoms with Gasteiger partial charge in [-0.15, -0.1) is 0 Å². The maximum absolute atomic E-state index is 12.1. The number of nitrogens with one attached hydrogen (secondary N) is 1. The van der Waals surface area contributed by atoms with Crippen molar-refractivity contribution in [3.63, 3.8) is 0 Å². The summed E-state index contributed by atoms with van der Waals surface area (Å²) in [5.41, 5.74) is 1.15. The van der Waals surface area contributed by atoms with Crippen LogP contribution in [0.2, 0.25) is 5.02 Å². The van der Waals surface area contributed by atoms with Crippen molar-refractivity contribution >= 4 is 23.4 Å². The Kier molecular flexibility index (Phi) is 6.21. The average Bonchev–Trinajstić information content (AvgIpc) is 2.53. The van der Waals surface area contributed by atoms with E-state index in [4.69, 9.17) is 11.6 Å². The molecule has 0 aliphatic carbocycles. The van der Waals surface area contributed by atoms with Crippen LogP contribution in [0.25, 0.3) is 0 Å². The van der Waals surface area contributed by atoms with E-state index in [1.807, 2.05) is 29.2 Å². The zero-order chi connectivity index (χ0) is 15.9. The second kappa shape index (κ2) is 8.15. The Balaban J connectivity index is 1.64. The molecule has 1 aromatic carbocycles. The van der Waals surface area contributed by atoms with E-state index in [0.717, 1.165) is 17.1 Å². The van der Waals surface area contributed by atoms with Gasteiger partial charge in [0.25, 0.3) is 0 Å². The van der Waals surface area contributed by atoms with Crippen molar-refractivity contribution in [1.82, 2.24) is 15.1 Å². The highest BCUT2D eigenvalue weighted by molar-refractivity contribution is 6.30. The lowest BCUT2D eigenvalue weighted by Crippen LogP contribution is -2.50. The van der Waals surface area contributed by atoms with Gasteiger partial charge < -0.3 is 15.1 Å². The van der Waals surface area contributed by atoms with E-state index in [0.29, 0.717) is 39.1 Å². The minimum Gasteiger partial charge on any atom is -0.339 e. The minimum atomic E-state index is 0.0803. The van der Waals surface area contributed by atoms with E-state index in [1.165, 1.54) is 0 Å². The summed E-state index contributed by atoms with van der Waals surface area (Å²) >= 11 is 5.84. The lowest BCUT2D eigenvalue weighted by molar-refractivity contribution is -0.138. The molecule has 1 N–H and O–H groups in total. The van der Waals surface area contributed by atoms with E-state index in [9.17, 15) is 9.59 Å². The lowest BCUT2D eigenvalue weighted by atomic mass is 10.2. The number of carbonyl (C=O) groups excluding carboxylic acids is 2. The highest BCUT2D eigenvalue weighted by Crippen LogP contribution is 2.09. The van der Waals surface area contributed by atoms with Crippen molar-refractivity contribution in [1.29, 1.82) is 0 Å². The van der Waals surface area contributed by atoms with E-state index in [1.54, 1.807) is 11.8 Å². The zero-order valence-corrected chi connectivity index (χ0v) is 13.6. The fourth-order valence-corrected chi connectivity index (χ4v) is 2.59. The summed E-state index contributed by atoms with van der Waals surface area (Å²) < 4.78 is 0. The quantitative estimate of drug-likeness (QED) is 0.836. The van der Waals surface area contributed by atoms with Gasteiger partial charge in [0.2, 0.25) is 11.8 Å². The van der Waals surface area contributed by atoms with Crippen LogP contribution in [0.1, 0.15) is 18.9 Å². The van der Waals surface area contributed by atoms with Gasteiger partial charge in [0, 0.05) is 57.6 Å². The summed E-state index contributed by atoms with van der Waals surface area (Å²) in [6.07, 6.45) is 0.480. The number of amides is 2. The molecule has 1 aliphatic heterocycles. The van der Waals surface area contributed by atoms with E-state index in [-0.39, 0.29) is 11.8 Å². The van der Waals surface area contributed by atoms with E-state index in [2.05, 4.69) is 5.32 Å². The third kappa shape index (κ3) is 5.00. The first-order chi connectivity index (χ1) is 10.6. The standard InChI is InChI=1S/C16H22ClN3O2/c1-13(21)19-8-10-20(11-9-19)16(22)6-7-18-12-14-2-4-15(17)5-3-14/h2-5,18H,6-12H2,1H3. The van der Waals surface area contributed by atoms with Crippen LogP contribution in [0.15, 0.2) is 24.3 Å². The molecule has 120 valence electrons. The summed E-state index contributed by atoms with van der Waals surface area (Å²) in [5, 5.41) is 3.99. The first-order valence-corrected chi connectivity index (χ1v) is 7.92. The second-order valence-electron chi connectivity index (χ2n) is 5.44. The largest absolute Gasteiger partial charge is 0.339 e. The molecule has 0 aromatic heterocycles. The van der Waals surface area contributed by atoms with Gasteiger partial charge in [-0.05, 0) is 17.7 Å². The number of benzene rings is 1. The first-order valence-electron chi connectivity index (χ1n) is 7.54. The molecule has 0 spiro atoms. The van der Waals surface area contributed by atoms with Gasteiger partial charge >= 0.3 is 0 Å². The molecule has 0 unspecified atom stereocenters. The van der Waals surface area contributed by atoms with Crippen molar-refractivity contribution in [2.45, 2.75) is 19.9 Å². The Labute approximate surface area is 136 Å². The molecule has 0 atom stereocenters. The molecule has 1 heterocycles. The molecule has 0 bridgehead atoms. The molecular weight excluding hydrogens is 302 g/mol. The van der Waals surface area contributed by atoms with Gasteiger partial charge in [-0.3, -0.25) is 9.59 Å². The third-order valence-electron chi connectivity index (χ3n) is 3.84. The molecule has 2 rings (SSSR count). The van der Waals surface area contributed by atoms with Crippen LogP contribution in [-0.4, -0.2) is 54.3 Å². The van der Waals surface area contributed by atoms with Gasteiger partial charge in [0.1, 0.15) is 0 Å². The average molecular weight is 324 g/mol. The van der Waals surface area contributed by atoms with Gasteiger partial charge in [0.15, 0.2) is 0 Å². The Morgan fingerprint density at radius 3 is 2.27 bits per heavy atom. The summed E-state index contributed by atoms with van der Waals surface area (Å²) in [4.78, 5) is 27.0. The smallest absolute Gasteiger partial charge is 0.223 e. The second-order valence-corrected chi connectivity index (χ2v) is 5.88. The van der Waals surface area contributed by atoms with Crippen LogP contribution in [-0.2, 0) is 16.1 Å². The lowest BCUT2D eigenvalue weighted by Gasteiger charge is -2.34. The van der Waals surface area contributed by atoms with Crippen molar-refractivity contribution in [3.8, 4) is 0 Å². The highest BCUT2D eigenvalue weighted by atomic mass is 35.5. The Bertz CT molecular complexity index is 511. The summed E-state index contributed by atoms with van der Waals surface area (Å²) in [6, 6.07) is 7.66. The molecule has 1 aliphatic rings. The Morgan fingerprint density at radius 2 is 1.68 bits per heavy atom. The van der Waals surface area contributed by atoms with Gasteiger partial charge in [0.05, 0.1) is 0 Å². The number of rotatable bonds is 5. The number of hydrogen-bond donors (Lipinski definition) is 1. The monoisotopic (exact) mass is 323 g/mol. The summed E-state index contributed by atoms with van der Waals surface area (Å²) in [6.45, 7) is 5.48. The van der Waals surface area contributed by atoms with Gasteiger partial charge in [-0.2, -0.15) is 0 Å². The molecule has 1 aromatic rings. The predicted octanol–water partition coefficient (Wildman–Crippen LogP) is 1.51. The van der Waals surface area contributed by atoms with Crippen LogP contribution in [0, 0.1) is 0 Å². The van der Waals surface area contributed by atoms with Crippen molar-refractivity contribution in [3.05, 3.63) is 34.9 Å². The van der Waals surface area contributed by atoms with Crippen LogP contribution >= 0.6 is 11.6 Å². The summed E-state index contributed by atoms with van der Waals surface area (Å²) in [5.74, 6) is 0.225. The molecule has 2 amide bonds. The number of piperazine rings is 1. The molecule has 0 saturated carbocycles. The highest BCUT2D eigenvalue weighted by Gasteiger charge is 2.21. The number of hydrogen-bond acceptors (Lipinski definition) is 3. The predicted molar refractivity (Wildman–Crippen MR) is 86.6 cm³/mol. The number of nitrogens with zero attached hydrogens (tertiary/aromatic N) is 2. The van der Waals surface area contributed by atoms with Gasteiger partial charge in [-0.1, -0.05) is 23.7 Å². The topological polar surface area (TPSA) is 52.7 Å². The van der Waals surface area contributed by atoms with Crippen LogP contribution in [0.5, 0.6) is 0 Å². The van der Waals surface area contributed by atoms with Crippen LogP contribution in [0.3, 0.4) is 0 Å². The molecule has 1 saturated heterocycles. The van der Waals surface area contributed by atoms with Crippen LogP contribution < -0.4 is 5.32 Å². The maximum Gasteiger partial charge on any atom is 0.223 e. The fourth-order valence-electron chi connectivity index (χ4n) is 2.46. The van der Waals surface area contributed by atoms with Crippen molar-refractivity contribution in [2.75, 3.05) is 32.7 Å². The first kappa shape index (κ1) is 16.8. The Morgan fingerprint density at radius 1 is 1.09 bits per heavy atom. The Hall–Kier alpha value is -1.59. The molecule has 1 fully saturated rings. The van der Waals surface area contributed by atoms with Gasteiger partial charge in [-0.25, -0.2) is 0 Å². The molecular formula is C16H22ClN3O2. The minimum absolute atomic E-state index is 0.0803. The molecule has 22 heavy (non-hydrogen) atoms. The zero-order valence-electron chi connectivity index (χ0n) is 12.8. The van der Waals surface area contributed by atoms with Crippen molar-refractivity contribution in [2.24, 2.45) is 0 Å². The molecule has 6 heteroatoms. The molecule has 5 nitrogen and oxygen atoms in total. The maximum atomic E-state index is 12.1. The normalized spacial score (nSPS) is 15.0.